The van der Waals surface area contributed by atoms with Crippen LogP contribution in [0.1, 0.15) is 70.3 Å². The van der Waals surface area contributed by atoms with Crippen LogP contribution < -0.4 is 5.32 Å². The van der Waals surface area contributed by atoms with Gasteiger partial charge in [-0.1, -0.05) is 44.2 Å². The van der Waals surface area contributed by atoms with Gasteiger partial charge in [-0.05, 0) is 62.1 Å². The van der Waals surface area contributed by atoms with E-state index < -0.39 is 0 Å². The second-order valence-corrected chi connectivity index (χ2v) is 7.81. The Morgan fingerprint density at radius 3 is 2.52 bits per heavy atom. The molecule has 2 aliphatic rings. The van der Waals surface area contributed by atoms with Crippen LogP contribution in [-0.2, 0) is 16.0 Å². The zero-order chi connectivity index (χ0) is 17.5. The molecule has 0 aromatic heterocycles. The van der Waals surface area contributed by atoms with Gasteiger partial charge in [0, 0.05) is 18.2 Å². The van der Waals surface area contributed by atoms with Crippen molar-refractivity contribution in [2.45, 2.75) is 77.2 Å². The van der Waals surface area contributed by atoms with Crippen molar-refractivity contribution in [3.05, 3.63) is 29.8 Å². The summed E-state index contributed by atoms with van der Waals surface area (Å²) < 4.78 is 4.98. The number of anilines is 1. The van der Waals surface area contributed by atoms with E-state index in [4.69, 9.17) is 4.74 Å². The largest absolute Gasteiger partial charge is 0.466 e. The molecule has 0 heterocycles. The Balaban J connectivity index is 1.43. The first-order chi connectivity index (χ1) is 12.2. The van der Waals surface area contributed by atoms with Crippen LogP contribution in [0.4, 0.5) is 5.69 Å². The molecule has 25 heavy (non-hydrogen) atoms. The van der Waals surface area contributed by atoms with Gasteiger partial charge in [0.05, 0.1) is 6.61 Å². The summed E-state index contributed by atoms with van der Waals surface area (Å²) in [6, 6.07) is 9.23. The van der Waals surface area contributed by atoms with E-state index in [1.807, 2.05) is 6.92 Å². The van der Waals surface area contributed by atoms with Crippen LogP contribution in [0.5, 0.6) is 0 Å². The molecule has 1 aromatic carbocycles. The number of carbonyl (C=O) groups is 1. The molecule has 0 spiro atoms. The molecule has 3 heteroatoms. The molecule has 1 aromatic rings. The molecule has 0 bridgehead atoms. The van der Waals surface area contributed by atoms with E-state index in [0.29, 0.717) is 19.1 Å². The molecule has 1 N–H and O–H groups in total. The third-order valence-electron chi connectivity index (χ3n) is 6.04. The summed E-state index contributed by atoms with van der Waals surface area (Å²) in [7, 11) is 0. The number of rotatable bonds is 7. The number of esters is 1. The lowest BCUT2D eigenvalue weighted by Crippen LogP contribution is -2.19. The smallest absolute Gasteiger partial charge is 0.306 e. The fourth-order valence-electron chi connectivity index (χ4n) is 4.66. The maximum absolute atomic E-state index is 11.4. The minimum atomic E-state index is -0.107. The Morgan fingerprint density at radius 2 is 1.80 bits per heavy atom. The second-order valence-electron chi connectivity index (χ2n) is 7.81. The summed E-state index contributed by atoms with van der Waals surface area (Å²) in [5, 5.41) is 3.73. The normalized spacial score (nSPS) is 24.2. The molecule has 138 valence electrons. The van der Waals surface area contributed by atoms with E-state index in [-0.39, 0.29) is 5.97 Å². The van der Waals surface area contributed by atoms with Gasteiger partial charge in [-0.15, -0.1) is 0 Å². The van der Waals surface area contributed by atoms with Crippen molar-refractivity contribution >= 4 is 11.7 Å². The predicted molar refractivity (Wildman–Crippen MR) is 103 cm³/mol. The first kappa shape index (κ1) is 18.3. The fourth-order valence-corrected chi connectivity index (χ4v) is 4.66. The summed E-state index contributed by atoms with van der Waals surface area (Å²) in [4.78, 5) is 11.4. The molecule has 2 unspecified atom stereocenters. The lowest BCUT2D eigenvalue weighted by atomic mass is 9.79. The maximum atomic E-state index is 11.4. The van der Waals surface area contributed by atoms with E-state index in [0.717, 1.165) is 18.3 Å². The van der Waals surface area contributed by atoms with Crippen molar-refractivity contribution in [3.63, 3.8) is 0 Å². The molecule has 0 radical (unpaired) electrons. The minimum absolute atomic E-state index is 0.107. The Bertz CT molecular complexity index is 533. The highest BCUT2D eigenvalue weighted by molar-refractivity contribution is 5.69. The number of aryl methyl sites for hydroxylation is 1. The molecule has 0 amide bonds. The highest BCUT2D eigenvalue weighted by atomic mass is 16.5. The minimum Gasteiger partial charge on any atom is -0.466 e. The number of carbonyl (C=O) groups excluding carboxylic acids is 1. The van der Waals surface area contributed by atoms with Crippen molar-refractivity contribution in [1.82, 2.24) is 0 Å². The van der Waals surface area contributed by atoms with Gasteiger partial charge in [0.1, 0.15) is 0 Å². The van der Waals surface area contributed by atoms with Crippen LogP contribution in [0, 0.1) is 11.8 Å². The zero-order valence-electron chi connectivity index (χ0n) is 15.6. The Morgan fingerprint density at radius 1 is 1.04 bits per heavy atom. The van der Waals surface area contributed by atoms with Gasteiger partial charge < -0.3 is 10.1 Å². The molecule has 2 aliphatic carbocycles. The van der Waals surface area contributed by atoms with Gasteiger partial charge in [-0.2, -0.15) is 0 Å². The molecular formula is C22H33NO2. The van der Waals surface area contributed by atoms with Crippen LogP contribution in [0.3, 0.4) is 0 Å². The highest BCUT2D eigenvalue weighted by Crippen LogP contribution is 2.40. The van der Waals surface area contributed by atoms with Crippen LogP contribution in [0.25, 0.3) is 0 Å². The van der Waals surface area contributed by atoms with Gasteiger partial charge >= 0.3 is 5.97 Å². The molecule has 2 fully saturated rings. The quantitative estimate of drug-likeness (QED) is 0.679. The highest BCUT2D eigenvalue weighted by Gasteiger charge is 2.31. The van der Waals surface area contributed by atoms with Crippen LogP contribution in [0.15, 0.2) is 24.3 Å². The van der Waals surface area contributed by atoms with Crippen molar-refractivity contribution in [1.29, 1.82) is 0 Å². The van der Waals surface area contributed by atoms with Crippen LogP contribution >= 0.6 is 0 Å². The van der Waals surface area contributed by atoms with Gasteiger partial charge in [0.15, 0.2) is 0 Å². The fraction of sp³-hybridized carbons (Fsp3) is 0.682. The van der Waals surface area contributed by atoms with Gasteiger partial charge in [0.25, 0.3) is 0 Å². The summed E-state index contributed by atoms with van der Waals surface area (Å²) in [5.41, 5.74) is 2.42. The second kappa shape index (κ2) is 9.26. The van der Waals surface area contributed by atoms with Crippen molar-refractivity contribution in [2.75, 3.05) is 11.9 Å². The van der Waals surface area contributed by atoms with Crippen molar-refractivity contribution < 1.29 is 9.53 Å². The lowest BCUT2D eigenvalue weighted by molar-refractivity contribution is -0.143. The third-order valence-corrected chi connectivity index (χ3v) is 6.04. The molecule has 0 saturated heterocycles. The van der Waals surface area contributed by atoms with Gasteiger partial charge in [-0.25, -0.2) is 0 Å². The third kappa shape index (κ3) is 5.49. The summed E-state index contributed by atoms with van der Waals surface area (Å²) in [6.45, 7) is 2.31. The summed E-state index contributed by atoms with van der Waals surface area (Å²) >= 11 is 0. The van der Waals surface area contributed by atoms with Crippen molar-refractivity contribution in [3.8, 4) is 0 Å². The van der Waals surface area contributed by atoms with Crippen LogP contribution in [-0.4, -0.2) is 18.6 Å². The van der Waals surface area contributed by atoms with E-state index >= 15 is 0 Å². The standard InChI is InChI=1S/C22H33NO2/c1-2-25-22(24)15-10-17-8-12-20(13-9-17)23-21-14-11-19(16-21)18-6-4-3-5-7-18/h8-9,12-13,18-19,21,23H,2-7,10-11,14-16H2,1H3. The number of hydrogen-bond acceptors (Lipinski definition) is 3. The lowest BCUT2D eigenvalue weighted by Gasteiger charge is -2.27. The molecule has 3 nitrogen and oxygen atoms in total. The topological polar surface area (TPSA) is 38.3 Å². The average molecular weight is 344 g/mol. The Hall–Kier alpha value is -1.51. The zero-order valence-corrected chi connectivity index (χ0v) is 15.6. The maximum Gasteiger partial charge on any atom is 0.306 e. The molecule has 0 aliphatic heterocycles. The van der Waals surface area contributed by atoms with E-state index in [2.05, 4.69) is 29.6 Å². The first-order valence-electron chi connectivity index (χ1n) is 10.3. The number of nitrogens with one attached hydrogen (secondary N) is 1. The average Bonchev–Trinajstić information content (AvgIpc) is 3.11. The Kier molecular flexibility index (Phi) is 6.77. The molecular weight excluding hydrogens is 310 g/mol. The SMILES string of the molecule is CCOC(=O)CCc1ccc(NC2CCC(C3CCCCC3)C2)cc1. The number of hydrogen-bond donors (Lipinski definition) is 1. The number of ether oxygens (including phenoxy) is 1. The molecule has 2 atom stereocenters. The summed E-state index contributed by atoms with van der Waals surface area (Å²) in [5.74, 6) is 1.83. The first-order valence-corrected chi connectivity index (χ1v) is 10.3. The van der Waals surface area contributed by atoms with E-state index in [1.165, 1.54) is 62.6 Å². The Labute approximate surface area is 152 Å². The van der Waals surface area contributed by atoms with Gasteiger partial charge in [-0.3, -0.25) is 4.79 Å². The number of benzene rings is 1. The van der Waals surface area contributed by atoms with Crippen molar-refractivity contribution in [2.24, 2.45) is 11.8 Å². The van der Waals surface area contributed by atoms with Gasteiger partial charge in [0.2, 0.25) is 0 Å². The predicted octanol–water partition coefficient (Wildman–Crippen LogP) is 5.34. The van der Waals surface area contributed by atoms with Crippen LogP contribution in [0.2, 0.25) is 0 Å². The molecule has 2 saturated carbocycles. The molecule has 3 rings (SSSR count). The van der Waals surface area contributed by atoms with E-state index in [9.17, 15) is 4.79 Å². The summed E-state index contributed by atoms with van der Waals surface area (Å²) in [6.07, 6.45) is 12.6. The van der Waals surface area contributed by atoms with E-state index in [1.54, 1.807) is 0 Å². The monoisotopic (exact) mass is 343 g/mol.